The van der Waals surface area contributed by atoms with E-state index in [0.29, 0.717) is 18.1 Å². The zero-order valence-electron chi connectivity index (χ0n) is 10.0. The van der Waals surface area contributed by atoms with Gasteiger partial charge in [0, 0.05) is 0 Å². The molecule has 19 heavy (non-hydrogen) atoms. The minimum absolute atomic E-state index is 0.232. The Morgan fingerprint density at radius 3 is 2.79 bits per heavy atom. The van der Waals surface area contributed by atoms with Crippen LogP contribution in [0.2, 0.25) is 0 Å². The first kappa shape index (κ1) is 13.5. The third kappa shape index (κ3) is 3.75. The fourth-order valence-electron chi connectivity index (χ4n) is 1.57. The number of carbonyl (C=O) groups is 2. The van der Waals surface area contributed by atoms with Crippen molar-refractivity contribution in [3.8, 4) is 11.5 Å². The number of fused-ring (bicyclic) bond motifs is 1. The lowest BCUT2D eigenvalue weighted by atomic mass is 10.2. The van der Waals surface area contributed by atoms with Crippen LogP contribution in [-0.2, 0) is 4.79 Å². The van der Waals surface area contributed by atoms with Gasteiger partial charge < -0.3 is 14.8 Å². The van der Waals surface area contributed by atoms with Crippen molar-refractivity contribution in [3.63, 3.8) is 0 Å². The van der Waals surface area contributed by atoms with Crippen LogP contribution in [0.1, 0.15) is 0 Å². The number of hydrogen-bond acceptors (Lipinski definition) is 4. The van der Waals surface area contributed by atoms with E-state index in [0.717, 1.165) is 0 Å². The molecule has 7 heteroatoms. The van der Waals surface area contributed by atoms with E-state index >= 15 is 0 Å². The van der Waals surface area contributed by atoms with Crippen LogP contribution >= 0.6 is 11.6 Å². The maximum atomic E-state index is 11.3. The third-order valence-electron chi connectivity index (χ3n) is 2.43. The van der Waals surface area contributed by atoms with E-state index in [1.165, 1.54) is 0 Å². The van der Waals surface area contributed by atoms with E-state index in [9.17, 15) is 9.59 Å². The maximum absolute atomic E-state index is 11.3. The molecule has 1 aromatic rings. The molecular weight excluding hydrogens is 272 g/mol. The maximum Gasteiger partial charge on any atom is 0.321 e. The van der Waals surface area contributed by atoms with Gasteiger partial charge in [-0.3, -0.25) is 10.1 Å². The number of rotatable bonds is 3. The molecule has 1 atom stereocenters. The van der Waals surface area contributed by atoms with Gasteiger partial charge in [-0.1, -0.05) is 12.1 Å². The SMILES string of the molecule is O=C(CCl)NC(=O)NC[C@H]1COc2ccccc2O1. The molecule has 1 aromatic carbocycles. The Morgan fingerprint density at radius 1 is 1.32 bits per heavy atom. The zero-order valence-corrected chi connectivity index (χ0v) is 10.8. The van der Waals surface area contributed by atoms with Gasteiger partial charge in [-0.25, -0.2) is 4.79 Å². The molecule has 1 heterocycles. The number of urea groups is 1. The lowest BCUT2D eigenvalue weighted by Crippen LogP contribution is -2.46. The molecule has 102 valence electrons. The minimum Gasteiger partial charge on any atom is -0.486 e. The lowest BCUT2D eigenvalue weighted by molar-refractivity contribution is -0.117. The number of carbonyl (C=O) groups excluding carboxylic acids is 2. The van der Waals surface area contributed by atoms with Crippen molar-refractivity contribution in [3.05, 3.63) is 24.3 Å². The summed E-state index contributed by atoms with van der Waals surface area (Å²) in [5.74, 6) is 0.507. The van der Waals surface area contributed by atoms with Crippen molar-refractivity contribution in [2.45, 2.75) is 6.10 Å². The van der Waals surface area contributed by atoms with E-state index in [1.54, 1.807) is 6.07 Å². The van der Waals surface area contributed by atoms with Crippen LogP contribution in [0, 0.1) is 0 Å². The van der Waals surface area contributed by atoms with E-state index in [-0.39, 0.29) is 18.5 Å². The van der Waals surface area contributed by atoms with Crippen LogP contribution in [0.15, 0.2) is 24.3 Å². The molecule has 0 unspecified atom stereocenters. The molecule has 0 spiro atoms. The van der Waals surface area contributed by atoms with E-state index in [2.05, 4.69) is 10.6 Å². The number of imide groups is 1. The number of halogens is 1. The average Bonchev–Trinajstić information content (AvgIpc) is 2.44. The highest BCUT2D eigenvalue weighted by molar-refractivity contribution is 6.28. The predicted octanol–water partition coefficient (Wildman–Crippen LogP) is 0.891. The summed E-state index contributed by atoms with van der Waals surface area (Å²) >= 11 is 5.26. The molecule has 2 N–H and O–H groups in total. The van der Waals surface area contributed by atoms with Crippen LogP contribution in [0.4, 0.5) is 4.79 Å². The summed E-state index contributed by atoms with van der Waals surface area (Å²) in [6.45, 7) is 0.566. The summed E-state index contributed by atoms with van der Waals surface area (Å²) in [7, 11) is 0. The van der Waals surface area contributed by atoms with Gasteiger partial charge >= 0.3 is 6.03 Å². The summed E-state index contributed by atoms with van der Waals surface area (Å²) in [5, 5.41) is 4.58. The quantitative estimate of drug-likeness (QED) is 0.808. The van der Waals surface area contributed by atoms with Crippen LogP contribution < -0.4 is 20.1 Å². The first-order chi connectivity index (χ1) is 9.19. The highest BCUT2D eigenvalue weighted by Crippen LogP contribution is 2.30. The standard InChI is InChI=1S/C12H13ClN2O4/c13-5-11(16)15-12(17)14-6-8-7-18-9-3-1-2-4-10(9)19-8/h1-4,8H,5-7H2,(H2,14,15,16,17)/t8-/m0/s1. The fraction of sp³-hybridized carbons (Fsp3) is 0.333. The second kappa shape index (κ2) is 6.29. The highest BCUT2D eigenvalue weighted by Gasteiger charge is 2.21. The Hall–Kier alpha value is -1.95. The van der Waals surface area contributed by atoms with Crippen LogP contribution in [0.5, 0.6) is 11.5 Å². The lowest BCUT2D eigenvalue weighted by Gasteiger charge is -2.26. The first-order valence-electron chi connectivity index (χ1n) is 5.71. The van der Waals surface area contributed by atoms with Gasteiger partial charge in [0.15, 0.2) is 17.6 Å². The van der Waals surface area contributed by atoms with Gasteiger partial charge in [-0.2, -0.15) is 0 Å². The molecule has 0 bridgehead atoms. The van der Waals surface area contributed by atoms with Crippen molar-refractivity contribution in [2.75, 3.05) is 19.0 Å². The number of alkyl halides is 1. The summed E-state index contributed by atoms with van der Waals surface area (Å²) in [4.78, 5) is 22.2. The van der Waals surface area contributed by atoms with Crippen molar-refractivity contribution in [1.82, 2.24) is 10.6 Å². The largest absolute Gasteiger partial charge is 0.486 e. The average molecular weight is 285 g/mol. The third-order valence-corrected chi connectivity index (χ3v) is 2.67. The molecular formula is C12H13ClN2O4. The molecule has 0 fully saturated rings. The first-order valence-corrected chi connectivity index (χ1v) is 6.24. The molecule has 1 aliphatic heterocycles. The monoisotopic (exact) mass is 284 g/mol. The zero-order chi connectivity index (χ0) is 13.7. The molecule has 0 saturated heterocycles. The van der Waals surface area contributed by atoms with Gasteiger partial charge in [0.05, 0.1) is 6.54 Å². The Balaban J connectivity index is 1.79. The Labute approximate surface area is 115 Å². The normalized spacial score (nSPS) is 16.6. The summed E-state index contributed by atoms with van der Waals surface area (Å²) in [6, 6.07) is 6.69. The smallest absolute Gasteiger partial charge is 0.321 e. The Kier molecular flexibility index (Phi) is 4.46. The summed E-state index contributed by atoms with van der Waals surface area (Å²) in [5.41, 5.74) is 0. The van der Waals surface area contributed by atoms with Crippen LogP contribution in [0.3, 0.4) is 0 Å². The van der Waals surface area contributed by atoms with Gasteiger partial charge in [-0.15, -0.1) is 11.6 Å². The van der Waals surface area contributed by atoms with Gasteiger partial charge in [0.2, 0.25) is 5.91 Å². The highest BCUT2D eigenvalue weighted by atomic mass is 35.5. The number of amides is 3. The second-order valence-electron chi connectivity index (χ2n) is 3.89. The number of benzene rings is 1. The molecule has 0 radical (unpaired) electrons. The van der Waals surface area contributed by atoms with Crippen molar-refractivity contribution >= 4 is 23.5 Å². The molecule has 6 nitrogen and oxygen atoms in total. The number of hydrogen-bond donors (Lipinski definition) is 2. The summed E-state index contributed by atoms with van der Waals surface area (Å²) in [6.07, 6.45) is -0.299. The molecule has 1 aliphatic rings. The molecule has 0 aliphatic carbocycles. The Bertz CT molecular complexity index is 481. The van der Waals surface area contributed by atoms with E-state index in [4.69, 9.17) is 21.1 Å². The predicted molar refractivity (Wildman–Crippen MR) is 68.6 cm³/mol. The molecule has 0 aromatic heterocycles. The number of nitrogens with one attached hydrogen (secondary N) is 2. The van der Waals surface area contributed by atoms with Crippen molar-refractivity contribution < 1.29 is 19.1 Å². The topological polar surface area (TPSA) is 76.7 Å². The Morgan fingerprint density at radius 2 is 2.05 bits per heavy atom. The van der Waals surface area contributed by atoms with E-state index < -0.39 is 11.9 Å². The van der Waals surface area contributed by atoms with Crippen LogP contribution in [-0.4, -0.2) is 37.1 Å². The van der Waals surface area contributed by atoms with Gasteiger partial charge in [0.25, 0.3) is 0 Å². The van der Waals surface area contributed by atoms with Crippen molar-refractivity contribution in [1.29, 1.82) is 0 Å². The summed E-state index contributed by atoms with van der Waals surface area (Å²) < 4.78 is 11.1. The van der Waals surface area contributed by atoms with Gasteiger partial charge in [0.1, 0.15) is 12.5 Å². The van der Waals surface area contributed by atoms with E-state index in [1.807, 2.05) is 18.2 Å². The van der Waals surface area contributed by atoms with Crippen LogP contribution in [0.25, 0.3) is 0 Å². The number of ether oxygens (including phenoxy) is 2. The molecule has 3 amide bonds. The second-order valence-corrected chi connectivity index (χ2v) is 4.16. The number of para-hydroxylation sites is 2. The fourth-order valence-corrected chi connectivity index (χ4v) is 1.64. The van der Waals surface area contributed by atoms with Crippen molar-refractivity contribution in [2.24, 2.45) is 0 Å². The molecule has 0 saturated carbocycles. The molecule has 2 rings (SSSR count). The minimum atomic E-state index is -0.604. The van der Waals surface area contributed by atoms with Gasteiger partial charge in [-0.05, 0) is 12.1 Å².